The van der Waals surface area contributed by atoms with Gasteiger partial charge in [-0.25, -0.2) is 4.79 Å². The molecule has 3 atom stereocenters. The van der Waals surface area contributed by atoms with Crippen LogP contribution in [-0.2, 0) is 20.9 Å². The number of benzene rings is 1. The van der Waals surface area contributed by atoms with E-state index < -0.39 is 29.7 Å². The number of allylic oxidation sites excluding steroid dienone is 1. The number of carbonyl (C=O) groups excluding carboxylic acids is 1. The number of nitrogens with one attached hydrogen (secondary N) is 1. The number of alkyl halides is 3. The molecule has 188 valence electrons. The van der Waals surface area contributed by atoms with Crippen molar-refractivity contribution < 1.29 is 37.3 Å². The Labute approximate surface area is 209 Å². The third-order valence-corrected chi connectivity index (χ3v) is 8.19. The predicted octanol–water partition coefficient (Wildman–Crippen LogP) is 5.50. The summed E-state index contributed by atoms with van der Waals surface area (Å²) in [5, 5.41) is 12.2. The van der Waals surface area contributed by atoms with E-state index in [1.807, 2.05) is 19.9 Å². The van der Waals surface area contributed by atoms with Crippen LogP contribution in [0.15, 0.2) is 57.7 Å². The highest BCUT2D eigenvalue weighted by Crippen LogP contribution is 2.51. The molecule has 6 nitrogen and oxygen atoms in total. The molecule has 1 heterocycles. The van der Waals surface area contributed by atoms with Crippen LogP contribution in [0.4, 0.5) is 13.2 Å². The van der Waals surface area contributed by atoms with E-state index in [2.05, 4.69) is 10.1 Å². The zero-order chi connectivity index (χ0) is 25.5. The minimum Gasteiger partial charge on any atom is -0.492 e. The monoisotopic (exact) mass is 529 g/mol. The van der Waals surface area contributed by atoms with Crippen LogP contribution in [0.5, 0.6) is 5.75 Å². The lowest BCUT2D eigenvalue weighted by Gasteiger charge is -2.28. The van der Waals surface area contributed by atoms with Crippen LogP contribution in [0.1, 0.15) is 32.3 Å². The van der Waals surface area contributed by atoms with E-state index >= 15 is 0 Å². The summed E-state index contributed by atoms with van der Waals surface area (Å²) in [6.07, 6.45) is 0.0672. The first-order chi connectivity index (χ1) is 16.4. The molecular weight excluding hydrogens is 507 g/mol. The number of carboxylic acid groups (broad SMARTS) is 1. The molecule has 1 fully saturated rings. The Hall–Kier alpha value is -2.59. The molecule has 1 amide bonds. The minimum absolute atomic E-state index is 0.0227. The lowest BCUT2D eigenvalue weighted by Crippen LogP contribution is -2.47. The second-order valence-corrected chi connectivity index (χ2v) is 10.8. The van der Waals surface area contributed by atoms with Crippen molar-refractivity contribution in [2.24, 2.45) is 11.3 Å². The first kappa shape index (κ1) is 25.5. The third-order valence-electron chi connectivity index (χ3n) is 6.40. The average Bonchev–Trinajstić information content (AvgIpc) is 3.45. The second kappa shape index (κ2) is 9.46. The Morgan fingerprint density at radius 1 is 1.29 bits per heavy atom. The van der Waals surface area contributed by atoms with Crippen molar-refractivity contribution in [1.29, 1.82) is 0 Å². The van der Waals surface area contributed by atoms with Gasteiger partial charge < -0.3 is 19.9 Å². The van der Waals surface area contributed by atoms with Crippen LogP contribution < -0.4 is 10.1 Å². The van der Waals surface area contributed by atoms with Gasteiger partial charge in [0.1, 0.15) is 24.2 Å². The number of hydrogen-bond donors (Lipinski definition) is 2. The second-order valence-electron chi connectivity index (χ2n) is 9.03. The van der Waals surface area contributed by atoms with Crippen molar-refractivity contribution in [2.45, 2.75) is 51.0 Å². The lowest BCUT2D eigenvalue weighted by atomic mass is 9.87. The predicted molar refractivity (Wildman–Crippen MR) is 124 cm³/mol. The van der Waals surface area contributed by atoms with E-state index in [0.29, 0.717) is 28.5 Å². The van der Waals surface area contributed by atoms with Crippen LogP contribution in [0.3, 0.4) is 0 Å². The van der Waals surface area contributed by atoms with Gasteiger partial charge in [-0.2, -0.15) is 0 Å². The molecule has 2 aliphatic carbocycles. The molecule has 1 aromatic rings. The Balaban J connectivity index is 1.58. The summed E-state index contributed by atoms with van der Waals surface area (Å²) in [4.78, 5) is 25.0. The maximum Gasteiger partial charge on any atom is 0.573 e. The number of ether oxygens (including phenoxy) is 2. The first-order valence-electron chi connectivity index (χ1n) is 10.8. The van der Waals surface area contributed by atoms with E-state index in [4.69, 9.17) is 16.3 Å². The molecule has 4 rings (SSSR count). The number of thioether (sulfide) groups is 1. The summed E-state index contributed by atoms with van der Waals surface area (Å²) in [6, 6.07) is 4.20. The Bertz CT molecular complexity index is 1120. The van der Waals surface area contributed by atoms with Gasteiger partial charge in [-0.05, 0) is 54.5 Å². The van der Waals surface area contributed by atoms with E-state index in [-0.39, 0.29) is 29.1 Å². The fraction of sp³-hybridized carbons (Fsp3) is 0.417. The average molecular weight is 530 g/mol. The lowest BCUT2D eigenvalue weighted by molar-refractivity contribution is -0.274. The van der Waals surface area contributed by atoms with Crippen LogP contribution in [-0.4, -0.2) is 34.6 Å². The number of rotatable bonds is 8. The van der Waals surface area contributed by atoms with Crippen LogP contribution >= 0.6 is 23.4 Å². The fourth-order valence-corrected chi connectivity index (χ4v) is 5.72. The van der Waals surface area contributed by atoms with Crippen LogP contribution in [0.25, 0.3) is 0 Å². The summed E-state index contributed by atoms with van der Waals surface area (Å²) in [5.41, 5.74) is 1.09. The topological polar surface area (TPSA) is 84.9 Å². The molecule has 0 aromatic heterocycles. The number of amides is 1. The molecule has 0 bridgehead atoms. The molecule has 1 aliphatic heterocycles. The number of carbonyl (C=O) groups is 2. The number of halogens is 4. The summed E-state index contributed by atoms with van der Waals surface area (Å²) >= 11 is 7.79. The van der Waals surface area contributed by atoms with Gasteiger partial charge in [-0.3, -0.25) is 4.79 Å². The normalized spacial score (nSPS) is 23.6. The standard InChI is InChI=1S/C24H23ClF3NO5S/c1-12-17-16(35-20(12)25)8-7-15(21(30)29-19(22(31)32)23(2)9-10-23)18(17)33-11-13-3-5-14(6-4-13)34-24(26,27)28/h3-8,16-17,19H,9-11H2,1-2H3,(H,29,30)(H,31,32)/t16?,17?,19-/m1/s1. The Morgan fingerprint density at radius 2 is 1.94 bits per heavy atom. The molecule has 2 unspecified atom stereocenters. The number of fused-ring (bicyclic) bond motifs is 1. The zero-order valence-corrected chi connectivity index (χ0v) is 20.4. The van der Waals surface area contributed by atoms with Crippen molar-refractivity contribution in [1.82, 2.24) is 5.32 Å². The first-order valence-corrected chi connectivity index (χ1v) is 12.1. The summed E-state index contributed by atoms with van der Waals surface area (Å²) in [7, 11) is 0. The van der Waals surface area contributed by atoms with E-state index in [1.165, 1.54) is 36.0 Å². The molecular formula is C24H23ClF3NO5S. The molecule has 0 saturated heterocycles. The van der Waals surface area contributed by atoms with E-state index in [1.54, 1.807) is 6.08 Å². The molecule has 1 saturated carbocycles. The van der Waals surface area contributed by atoms with Gasteiger partial charge in [0, 0.05) is 5.25 Å². The summed E-state index contributed by atoms with van der Waals surface area (Å²) in [5.74, 6) is -2.00. The summed E-state index contributed by atoms with van der Waals surface area (Å²) < 4.78 is 47.8. The zero-order valence-electron chi connectivity index (χ0n) is 18.8. The molecule has 1 aromatic carbocycles. The molecule has 35 heavy (non-hydrogen) atoms. The Kier molecular flexibility index (Phi) is 6.89. The quantitative estimate of drug-likeness (QED) is 0.463. The summed E-state index contributed by atoms with van der Waals surface area (Å²) in [6.45, 7) is 3.63. The van der Waals surface area contributed by atoms with Gasteiger partial charge in [-0.1, -0.05) is 36.7 Å². The van der Waals surface area contributed by atoms with Crippen LogP contribution in [0, 0.1) is 11.3 Å². The van der Waals surface area contributed by atoms with Gasteiger partial charge >= 0.3 is 12.3 Å². The van der Waals surface area contributed by atoms with E-state index in [9.17, 15) is 27.9 Å². The maximum atomic E-state index is 13.2. The van der Waals surface area contributed by atoms with Gasteiger partial charge in [0.2, 0.25) is 0 Å². The maximum absolute atomic E-state index is 13.2. The van der Waals surface area contributed by atoms with Gasteiger partial charge in [0.25, 0.3) is 5.91 Å². The van der Waals surface area contributed by atoms with Gasteiger partial charge in [0.15, 0.2) is 0 Å². The molecule has 0 radical (unpaired) electrons. The van der Waals surface area contributed by atoms with Crippen molar-refractivity contribution in [3.05, 3.63) is 63.3 Å². The smallest absolute Gasteiger partial charge is 0.492 e. The van der Waals surface area contributed by atoms with Crippen molar-refractivity contribution in [3.8, 4) is 5.75 Å². The van der Waals surface area contributed by atoms with Gasteiger partial charge in [0.05, 0.1) is 15.9 Å². The number of carboxylic acids is 1. The molecule has 3 aliphatic rings. The third kappa shape index (κ3) is 5.64. The molecule has 11 heteroatoms. The highest BCUT2D eigenvalue weighted by atomic mass is 35.5. The molecule has 0 spiro atoms. The van der Waals surface area contributed by atoms with Crippen molar-refractivity contribution >= 4 is 35.2 Å². The highest BCUT2D eigenvalue weighted by Gasteiger charge is 2.50. The van der Waals surface area contributed by atoms with Crippen molar-refractivity contribution in [2.75, 3.05) is 0 Å². The van der Waals surface area contributed by atoms with Crippen LogP contribution in [0.2, 0.25) is 0 Å². The largest absolute Gasteiger partial charge is 0.573 e. The SMILES string of the molecule is CC1=C(Cl)SC2C=CC(C(=O)N[C@H](C(=O)O)C3(C)CC3)=C(OCc3ccc(OC(F)(F)F)cc3)C12. The van der Waals surface area contributed by atoms with Crippen molar-refractivity contribution in [3.63, 3.8) is 0 Å². The number of aliphatic carboxylic acids is 1. The minimum atomic E-state index is -4.79. The molecule has 2 N–H and O–H groups in total. The highest BCUT2D eigenvalue weighted by molar-refractivity contribution is 8.05. The number of hydrogen-bond acceptors (Lipinski definition) is 5. The van der Waals surface area contributed by atoms with Gasteiger partial charge in [-0.15, -0.1) is 24.9 Å². The Morgan fingerprint density at radius 3 is 2.51 bits per heavy atom. The fourth-order valence-electron chi connectivity index (χ4n) is 4.12. The van der Waals surface area contributed by atoms with E-state index in [0.717, 1.165) is 5.57 Å².